The summed E-state index contributed by atoms with van der Waals surface area (Å²) in [5.74, 6) is -2.39. The summed E-state index contributed by atoms with van der Waals surface area (Å²) in [5.41, 5.74) is 0. The lowest BCUT2D eigenvalue weighted by Gasteiger charge is -2.43. The maximum absolute atomic E-state index is 11.6. The molecule has 10 nitrogen and oxygen atoms in total. The van der Waals surface area contributed by atoms with Gasteiger partial charge in [0.25, 0.3) is 4.84 Å². The molecule has 0 spiro atoms. The molecule has 0 radical (unpaired) electrons. The number of piperazine rings is 1. The van der Waals surface area contributed by atoms with Gasteiger partial charge in [-0.15, -0.1) is 5.10 Å². The number of nitrogens with one attached hydrogen (secondary N) is 3. The highest BCUT2D eigenvalue weighted by molar-refractivity contribution is 7.71. The summed E-state index contributed by atoms with van der Waals surface area (Å²) in [5, 5.41) is 22.8. The predicted molar refractivity (Wildman–Crippen MR) is 72.9 cm³/mol. The lowest BCUT2D eigenvalue weighted by atomic mass is 9.70. The molecule has 2 fully saturated rings. The van der Waals surface area contributed by atoms with Gasteiger partial charge in [0.05, 0.1) is 18.0 Å². The van der Waals surface area contributed by atoms with Crippen molar-refractivity contribution in [1.82, 2.24) is 20.8 Å². The lowest BCUT2D eigenvalue weighted by Crippen LogP contribution is -2.68. The molecule has 2 amide bonds. The highest BCUT2D eigenvalue weighted by atomic mass is 32.1. The molecular weight excluding hydrogens is 314 g/mol. The van der Waals surface area contributed by atoms with Gasteiger partial charge in [0.2, 0.25) is 11.9 Å². The predicted octanol–water partition coefficient (Wildman–Crippen LogP) is -0.516. The maximum Gasteiger partial charge on any atom is 0.309 e. The lowest BCUT2D eigenvalue weighted by molar-refractivity contribution is -0.536. The van der Waals surface area contributed by atoms with Crippen LogP contribution in [0, 0.1) is 20.9 Å². The summed E-state index contributed by atoms with van der Waals surface area (Å²) in [6.45, 7) is 1.70. The second-order valence-corrected chi connectivity index (χ2v) is 5.87. The van der Waals surface area contributed by atoms with Gasteiger partial charge in [-0.1, -0.05) is 6.92 Å². The van der Waals surface area contributed by atoms with E-state index in [1.54, 1.807) is 6.92 Å². The van der Waals surface area contributed by atoms with E-state index in [0.29, 0.717) is 0 Å². The zero-order valence-corrected chi connectivity index (χ0v) is 12.3. The van der Waals surface area contributed by atoms with Crippen molar-refractivity contribution >= 4 is 24.0 Å². The van der Waals surface area contributed by atoms with Crippen LogP contribution in [-0.4, -0.2) is 45.1 Å². The molecule has 0 aromatic carbocycles. The van der Waals surface area contributed by atoms with E-state index in [9.17, 15) is 19.7 Å². The molecule has 5 atom stereocenters. The Balaban J connectivity index is 2.01. The van der Waals surface area contributed by atoms with Gasteiger partial charge in [0, 0.05) is 17.3 Å². The summed E-state index contributed by atoms with van der Waals surface area (Å²) in [7, 11) is 0. The largest absolute Gasteiger partial charge is 0.414 e. The Morgan fingerprint density at radius 3 is 2.64 bits per heavy atom. The minimum atomic E-state index is -0.887. The second-order valence-electron chi connectivity index (χ2n) is 5.50. The Morgan fingerprint density at radius 2 is 2.05 bits per heavy atom. The molecule has 118 valence electrons. The van der Waals surface area contributed by atoms with Crippen LogP contribution < -0.4 is 10.6 Å². The van der Waals surface area contributed by atoms with Gasteiger partial charge in [-0.3, -0.25) is 19.7 Å². The highest BCUT2D eigenvalue weighted by Crippen LogP contribution is 2.39. The van der Waals surface area contributed by atoms with E-state index in [1.165, 1.54) is 0 Å². The monoisotopic (exact) mass is 327 g/mol. The standard InChI is InChI=1S/C11H13N5O5S/c1-3-5(16(19)20)2-4-7(13-9(18)8(17)12-4)6(3)10-14-15-11(22)21-10/h3-7H,2H2,1H3,(H,12,17)(H,13,18)(H,15,22). The van der Waals surface area contributed by atoms with Crippen molar-refractivity contribution in [3.05, 3.63) is 20.8 Å². The van der Waals surface area contributed by atoms with E-state index < -0.39 is 41.8 Å². The number of hydrogen-bond donors (Lipinski definition) is 3. The topological polar surface area (TPSA) is 143 Å². The SMILES string of the molecule is CC1C(c2n[nH]c(=S)o2)C2NC(=O)C(=O)NC2CC1[N+](=O)[O-]. The van der Waals surface area contributed by atoms with Crippen molar-refractivity contribution in [2.24, 2.45) is 5.92 Å². The summed E-state index contributed by atoms with van der Waals surface area (Å²) in [6.07, 6.45) is 0.131. The van der Waals surface area contributed by atoms with E-state index >= 15 is 0 Å². The molecule has 11 heteroatoms. The Kier molecular flexibility index (Phi) is 3.43. The third-order valence-electron chi connectivity index (χ3n) is 4.32. The van der Waals surface area contributed by atoms with Crippen LogP contribution in [0.25, 0.3) is 0 Å². The molecule has 1 aliphatic heterocycles. The molecule has 3 rings (SSSR count). The van der Waals surface area contributed by atoms with E-state index in [-0.39, 0.29) is 22.1 Å². The molecule has 2 aliphatic rings. The van der Waals surface area contributed by atoms with Crippen molar-refractivity contribution in [1.29, 1.82) is 0 Å². The third kappa shape index (κ3) is 2.26. The van der Waals surface area contributed by atoms with E-state index in [4.69, 9.17) is 16.6 Å². The average molecular weight is 327 g/mol. The molecule has 22 heavy (non-hydrogen) atoms. The van der Waals surface area contributed by atoms with Crippen LogP contribution in [0.3, 0.4) is 0 Å². The van der Waals surface area contributed by atoms with Gasteiger partial charge in [-0.25, -0.2) is 5.10 Å². The number of aromatic nitrogens is 2. The number of nitro groups is 1. The maximum atomic E-state index is 11.6. The number of carbonyl (C=O) groups excluding carboxylic acids is 2. The molecule has 1 aromatic rings. The first-order chi connectivity index (χ1) is 10.4. The number of aromatic amines is 1. The van der Waals surface area contributed by atoms with Crippen molar-refractivity contribution < 1.29 is 18.9 Å². The van der Waals surface area contributed by atoms with Crippen molar-refractivity contribution in [2.45, 2.75) is 37.4 Å². The van der Waals surface area contributed by atoms with Crippen LogP contribution in [0.15, 0.2) is 4.42 Å². The minimum absolute atomic E-state index is 0.0492. The minimum Gasteiger partial charge on any atom is -0.414 e. The molecular formula is C11H13N5O5S. The van der Waals surface area contributed by atoms with Crippen LogP contribution in [0.5, 0.6) is 0 Å². The Hall–Kier alpha value is -2.30. The van der Waals surface area contributed by atoms with Gasteiger partial charge in [0.1, 0.15) is 0 Å². The number of rotatable bonds is 2. The molecule has 2 heterocycles. The van der Waals surface area contributed by atoms with Crippen LogP contribution in [0.2, 0.25) is 0 Å². The summed E-state index contributed by atoms with van der Waals surface area (Å²) in [6, 6.07) is -1.97. The zero-order valence-electron chi connectivity index (χ0n) is 11.4. The number of H-pyrrole nitrogens is 1. The smallest absolute Gasteiger partial charge is 0.309 e. The first-order valence-electron chi connectivity index (χ1n) is 6.68. The average Bonchev–Trinajstić information content (AvgIpc) is 2.86. The van der Waals surface area contributed by atoms with Gasteiger partial charge >= 0.3 is 11.8 Å². The van der Waals surface area contributed by atoms with Crippen LogP contribution in [0.4, 0.5) is 0 Å². The summed E-state index contributed by atoms with van der Waals surface area (Å²) in [4.78, 5) is 34.1. The fourth-order valence-electron chi connectivity index (χ4n) is 3.27. The normalized spacial score (nSPS) is 34.5. The van der Waals surface area contributed by atoms with Crippen LogP contribution >= 0.6 is 12.2 Å². The molecule has 1 aromatic heterocycles. The summed E-state index contributed by atoms with van der Waals surface area (Å²) < 4.78 is 5.29. The number of carbonyl (C=O) groups is 2. The molecule has 3 N–H and O–H groups in total. The van der Waals surface area contributed by atoms with E-state index in [1.807, 2.05) is 0 Å². The Labute approximate surface area is 128 Å². The molecule has 1 saturated heterocycles. The van der Waals surface area contributed by atoms with Gasteiger partial charge in [0.15, 0.2) is 0 Å². The van der Waals surface area contributed by atoms with E-state index in [2.05, 4.69) is 20.8 Å². The van der Waals surface area contributed by atoms with E-state index in [0.717, 1.165) is 0 Å². The quantitative estimate of drug-likeness (QED) is 0.287. The van der Waals surface area contributed by atoms with Crippen molar-refractivity contribution in [2.75, 3.05) is 0 Å². The Bertz CT molecular complexity index is 699. The fourth-order valence-corrected chi connectivity index (χ4v) is 3.40. The third-order valence-corrected chi connectivity index (χ3v) is 4.49. The number of amides is 2. The van der Waals surface area contributed by atoms with Gasteiger partial charge in [-0.05, 0) is 12.2 Å². The first kappa shape index (κ1) is 14.6. The van der Waals surface area contributed by atoms with Gasteiger partial charge in [-0.2, -0.15) is 0 Å². The number of fused-ring (bicyclic) bond motifs is 1. The highest BCUT2D eigenvalue weighted by Gasteiger charge is 2.53. The fraction of sp³-hybridized carbons (Fsp3) is 0.636. The molecule has 5 unspecified atom stereocenters. The summed E-state index contributed by atoms with van der Waals surface area (Å²) >= 11 is 4.83. The molecule has 1 aliphatic carbocycles. The van der Waals surface area contributed by atoms with Crippen LogP contribution in [0.1, 0.15) is 25.2 Å². The van der Waals surface area contributed by atoms with Gasteiger partial charge < -0.3 is 15.1 Å². The zero-order chi connectivity index (χ0) is 16.0. The Morgan fingerprint density at radius 1 is 1.36 bits per heavy atom. The number of nitrogens with zero attached hydrogens (tertiary/aromatic N) is 2. The van der Waals surface area contributed by atoms with Crippen molar-refractivity contribution in [3.8, 4) is 0 Å². The molecule has 0 bridgehead atoms. The number of hydrogen-bond acceptors (Lipinski definition) is 7. The molecule has 1 saturated carbocycles. The van der Waals surface area contributed by atoms with Crippen molar-refractivity contribution in [3.63, 3.8) is 0 Å². The second kappa shape index (κ2) is 5.16. The first-order valence-corrected chi connectivity index (χ1v) is 7.09. The van der Waals surface area contributed by atoms with Crippen LogP contribution in [-0.2, 0) is 9.59 Å².